The van der Waals surface area contributed by atoms with Crippen LogP contribution in [-0.2, 0) is 4.79 Å². The number of hydrogen-bond acceptors (Lipinski definition) is 3. The molecule has 1 saturated carbocycles. The van der Waals surface area contributed by atoms with Gasteiger partial charge in [0, 0.05) is 18.8 Å². The van der Waals surface area contributed by atoms with E-state index in [4.69, 9.17) is 4.74 Å². The molecule has 2 aliphatic rings. The molecule has 1 aliphatic heterocycles. The van der Waals surface area contributed by atoms with Crippen LogP contribution in [0.5, 0.6) is 5.75 Å². The number of hydrogen-bond donors (Lipinski definition) is 2. The second-order valence-electron chi connectivity index (χ2n) is 8.10. The van der Waals surface area contributed by atoms with Gasteiger partial charge in [-0.15, -0.1) is 0 Å². The average molecular weight is 346 g/mol. The third kappa shape index (κ3) is 3.57. The maximum atomic E-state index is 12.5. The summed E-state index contributed by atoms with van der Waals surface area (Å²) in [5, 5.41) is 12.5. The second-order valence-corrected chi connectivity index (χ2v) is 8.10. The van der Waals surface area contributed by atoms with Crippen molar-refractivity contribution in [1.82, 2.24) is 4.90 Å². The van der Waals surface area contributed by atoms with E-state index in [0.29, 0.717) is 25.2 Å². The number of carboxylic acid groups (broad SMARTS) is 1. The molecule has 1 aromatic carbocycles. The standard InChI is InChI=1S/C19H26N2O4/c1-18(2,3)25-15-8-6-14(7-9-15)20-17(24)21-11-13-5-4-10-19(13,12-21)16(22)23/h6-9,13H,4-5,10-12H2,1-3H3,(H,20,24)(H,22,23)/t13-,19+/m0/s1. The molecule has 3 rings (SSSR count). The molecule has 0 aromatic heterocycles. The van der Waals surface area contributed by atoms with Crippen LogP contribution in [0.1, 0.15) is 40.0 Å². The largest absolute Gasteiger partial charge is 0.488 e. The van der Waals surface area contributed by atoms with Gasteiger partial charge in [0.2, 0.25) is 0 Å². The molecule has 0 radical (unpaired) electrons. The highest BCUT2D eigenvalue weighted by molar-refractivity contribution is 5.90. The lowest BCUT2D eigenvalue weighted by Gasteiger charge is -2.23. The van der Waals surface area contributed by atoms with Crippen molar-refractivity contribution in [1.29, 1.82) is 0 Å². The van der Waals surface area contributed by atoms with Crippen molar-refractivity contribution in [2.45, 2.75) is 45.6 Å². The van der Waals surface area contributed by atoms with Crippen LogP contribution in [0, 0.1) is 11.3 Å². The number of anilines is 1. The fourth-order valence-electron chi connectivity index (χ4n) is 3.96. The number of likely N-dealkylation sites (tertiary alicyclic amines) is 1. The van der Waals surface area contributed by atoms with Crippen LogP contribution < -0.4 is 10.1 Å². The summed E-state index contributed by atoms with van der Waals surface area (Å²) in [5.41, 5.74) is -0.349. The average Bonchev–Trinajstić information content (AvgIpc) is 3.05. The number of nitrogens with zero attached hydrogens (tertiary/aromatic N) is 1. The minimum atomic E-state index is -0.769. The summed E-state index contributed by atoms with van der Waals surface area (Å²) in [6, 6.07) is 6.99. The first-order valence-electron chi connectivity index (χ1n) is 8.78. The van der Waals surface area contributed by atoms with Gasteiger partial charge in [0.15, 0.2) is 0 Å². The second kappa shape index (κ2) is 6.24. The molecule has 2 N–H and O–H groups in total. The molecule has 0 unspecified atom stereocenters. The van der Waals surface area contributed by atoms with Crippen LogP contribution in [0.15, 0.2) is 24.3 Å². The van der Waals surface area contributed by atoms with Crippen molar-refractivity contribution in [3.63, 3.8) is 0 Å². The number of carbonyl (C=O) groups excluding carboxylic acids is 1. The first-order valence-corrected chi connectivity index (χ1v) is 8.78. The molecule has 0 bridgehead atoms. The van der Waals surface area contributed by atoms with Crippen LogP contribution in [0.3, 0.4) is 0 Å². The number of fused-ring (bicyclic) bond motifs is 1. The van der Waals surface area contributed by atoms with Gasteiger partial charge in [-0.25, -0.2) is 4.79 Å². The highest BCUT2D eigenvalue weighted by Gasteiger charge is 2.55. The predicted octanol–water partition coefficient (Wildman–Crippen LogP) is 3.58. The van der Waals surface area contributed by atoms with E-state index in [1.807, 2.05) is 32.9 Å². The minimum Gasteiger partial charge on any atom is -0.488 e. The molecule has 1 saturated heterocycles. The fraction of sp³-hybridized carbons (Fsp3) is 0.579. The van der Waals surface area contributed by atoms with Crippen molar-refractivity contribution in [2.24, 2.45) is 11.3 Å². The zero-order valence-electron chi connectivity index (χ0n) is 15.0. The monoisotopic (exact) mass is 346 g/mol. The van der Waals surface area contributed by atoms with Crippen molar-refractivity contribution in [3.05, 3.63) is 24.3 Å². The summed E-state index contributed by atoms with van der Waals surface area (Å²) in [4.78, 5) is 25.9. The molecule has 1 heterocycles. The van der Waals surface area contributed by atoms with Gasteiger partial charge in [-0.2, -0.15) is 0 Å². The summed E-state index contributed by atoms with van der Waals surface area (Å²) in [6.45, 7) is 6.75. The Morgan fingerprint density at radius 3 is 2.52 bits per heavy atom. The number of benzene rings is 1. The van der Waals surface area contributed by atoms with Crippen LogP contribution in [-0.4, -0.2) is 40.7 Å². The molecular formula is C19H26N2O4. The summed E-state index contributed by atoms with van der Waals surface area (Å²) in [7, 11) is 0. The first kappa shape index (κ1) is 17.6. The van der Waals surface area contributed by atoms with Gasteiger partial charge in [0.05, 0.1) is 5.41 Å². The number of ether oxygens (including phenoxy) is 1. The zero-order chi connectivity index (χ0) is 18.2. The summed E-state index contributed by atoms with van der Waals surface area (Å²) in [5.74, 6) is 0.0401. The van der Waals surface area contributed by atoms with E-state index in [1.165, 1.54) is 0 Å². The maximum absolute atomic E-state index is 12.5. The quantitative estimate of drug-likeness (QED) is 0.877. The molecule has 1 aromatic rings. The zero-order valence-corrected chi connectivity index (χ0v) is 15.0. The van der Waals surface area contributed by atoms with Crippen LogP contribution >= 0.6 is 0 Å². The molecular weight excluding hydrogens is 320 g/mol. The Hall–Kier alpha value is -2.24. The predicted molar refractivity (Wildman–Crippen MR) is 94.8 cm³/mol. The third-order valence-corrected chi connectivity index (χ3v) is 5.11. The van der Waals surface area contributed by atoms with E-state index in [-0.39, 0.29) is 17.6 Å². The normalized spacial score (nSPS) is 25.6. The van der Waals surface area contributed by atoms with Gasteiger partial charge in [-0.05, 0) is 63.8 Å². The Morgan fingerprint density at radius 1 is 1.28 bits per heavy atom. The van der Waals surface area contributed by atoms with Gasteiger partial charge < -0.3 is 20.1 Å². The molecule has 6 heteroatoms. The molecule has 2 fully saturated rings. The number of rotatable bonds is 3. The molecule has 136 valence electrons. The number of carbonyl (C=O) groups is 2. The van der Waals surface area contributed by atoms with Gasteiger partial charge in [0.1, 0.15) is 11.4 Å². The van der Waals surface area contributed by atoms with Crippen molar-refractivity contribution in [2.75, 3.05) is 18.4 Å². The first-order chi connectivity index (χ1) is 11.7. The molecule has 2 atom stereocenters. The van der Waals surface area contributed by atoms with Gasteiger partial charge in [-0.3, -0.25) is 4.79 Å². The number of urea groups is 1. The molecule has 25 heavy (non-hydrogen) atoms. The number of carboxylic acids is 1. The summed E-state index contributed by atoms with van der Waals surface area (Å²) >= 11 is 0. The van der Waals surface area contributed by atoms with E-state index in [0.717, 1.165) is 18.6 Å². The van der Waals surface area contributed by atoms with Crippen molar-refractivity contribution in [3.8, 4) is 5.75 Å². The summed E-state index contributed by atoms with van der Waals surface area (Å²) in [6.07, 6.45) is 2.48. The topological polar surface area (TPSA) is 78.9 Å². The fourth-order valence-corrected chi connectivity index (χ4v) is 3.96. The highest BCUT2D eigenvalue weighted by Crippen LogP contribution is 2.48. The summed E-state index contributed by atoms with van der Waals surface area (Å²) < 4.78 is 5.76. The Morgan fingerprint density at radius 2 is 1.96 bits per heavy atom. The number of amides is 2. The van der Waals surface area contributed by atoms with Gasteiger partial charge in [0.25, 0.3) is 0 Å². The maximum Gasteiger partial charge on any atom is 0.321 e. The number of aliphatic carboxylic acids is 1. The Balaban J connectivity index is 1.62. The van der Waals surface area contributed by atoms with Gasteiger partial charge >= 0.3 is 12.0 Å². The Kier molecular flexibility index (Phi) is 4.39. The van der Waals surface area contributed by atoms with E-state index in [1.54, 1.807) is 17.0 Å². The van der Waals surface area contributed by atoms with Crippen LogP contribution in [0.2, 0.25) is 0 Å². The lowest BCUT2D eigenvalue weighted by molar-refractivity contribution is -0.149. The highest BCUT2D eigenvalue weighted by atomic mass is 16.5. The third-order valence-electron chi connectivity index (χ3n) is 5.11. The van der Waals surface area contributed by atoms with E-state index >= 15 is 0 Å². The van der Waals surface area contributed by atoms with Crippen LogP contribution in [0.4, 0.5) is 10.5 Å². The Bertz CT molecular complexity index is 665. The molecule has 2 amide bonds. The Labute approximate surface area is 148 Å². The van der Waals surface area contributed by atoms with E-state index in [2.05, 4.69) is 5.32 Å². The smallest absolute Gasteiger partial charge is 0.321 e. The minimum absolute atomic E-state index is 0.0679. The van der Waals surface area contributed by atoms with E-state index in [9.17, 15) is 14.7 Å². The molecule has 0 spiro atoms. The number of nitrogens with one attached hydrogen (secondary N) is 1. The van der Waals surface area contributed by atoms with E-state index < -0.39 is 11.4 Å². The molecule has 6 nitrogen and oxygen atoms in total. The SMILES string of the molecule is CC(C)(C)Oc1ccc(NC(=O)N2C[C@@H]3CCC[C@@]3(C(=O)O)C2)cc1. The van der Waals surface area contributed by atoms with Crippen molar-refractivity contribution >= 4 is 17.7 Å². The van der Waals surface area contributed by atoms with Crippen molar-refractivity contribution < 1.29 is 19.4 Å². The van der Waals surface area contributed by atoms with Crippen LogP contribution in [0.25, 0.3) is 0 Å². The lowest BCUT2D eigenvalue weighted by Crippen LogP contribution is -2.38. The van der Waals surface area contributed by atoms with Gasteiger partial charge in [-0.1, -0.05) is 6.42 Å². The molecule has 1 aliphatic carbocycles. The lowest BCUT2D eigenvalue weighted by atomic mass is 9.81.